The van der Waals surface area contributed by atoms with Crippen molar-refractivity contribution in [2.75, 3.05) is 18.4 Å². The first-order valence-electron chi connectivity index (χ1n) is 9.05. The van der Waals surface area contributed by atoms with E-state index in [4.69, 9.17) is 0 Å². The number of rotatable bonds is 5. The van der Waals surface area contributed by atoms with Crippen LogP contribution in [0.2, 0.25) is 0 Å². The molecule has 3 rings (SSSR count). The number of carbonyl (C=O) groups excluding carboxylic acids is 2. The largest absolute Gasteiger partial charge is 0.322 e. The van der Waals surface area contributed by atoms with Crippen molar-refractivity contribution in [3.8, 4) is 0 Å². The number of hydrogen-bond acceptors (Lipinski definition) is 3. The molecule has 0 spiro atoms. The van der Waals surface area contributed by atoms with Gasteiger partial charge < -0.3 is 5.32 Å². The number of piperidine rings is 1. The van der Waals surface area contributed by atoms with E-state index in [1.54, 1.807) is 6.92 Å². The molecule has 1 amide bonds. The number of likely N-dealkylation sites (tertiary alicyclic amines) is 1. The van der Waals surface area contributed by atoms with Gasteiger partial charge in [-0.05, 0) is 45.0 Å². The molecule has 1 unspecified atom stereocenters. The fourth-order valence-electron chi connectivity index (χ4n) is 3.38. The van der Waals surface area contributed by atoms with Crippen molar-refractivity contribution in [1.82, 2.24) is 4.90 Å². The Bertz CT molecular complexity index is 818. The maximum Gasteiger partial charge on any atom is 0.241 e. The zero-order valence-corrected chi connectivity index (χ0v) is 15.1. The number of halogens is 2. The second kappa shape index (κ2) is 8.39. The topological polar surface area (TPSA) is 49.4 Å². The Kier molecular flexibility index (Phi) is 5.96. The zero-order chi connectivity index (χ0) is 19.4. The molecule has 0 aliphatic carbocycles. The van der Waals surface area contributed by atoms with E-state index in [1.165, 1.54) is 6.07 Å². The number of anilines is 1. The van der Waals surface area contributed by atoms with Gasteiger partial charge in [-0.15, -0.1) is 0 Å². The molecule has 0 aromatic heterocycles. The Morgan fingerprint density at radius 3 is 2.37 bits per heavy atom. The van der Waals surface area contributed by atoms with Gasteiger partial charge in [0, 0.05) is 17.5 Å². The lowest BCUT2D eigenvalue weighted by Crippen LogP contribution is -2.47. The van der Waals surface area contributed by atoms with E-state index in [0.717, 1.165) is 12.1 Å². The number of carbonyl (C=O) groups is 2. The lowest BCUT2D eigenvalue weighted by molar-refractivity contribution is -0.121. The SMILES string of the molecule is CC(C(=O)Nc1ccc(F)cc1F)N1CCC(C(=O)c2ccccc2)CC1. The number of hydrogen-bond donors (Lipinski definition) is 1. The normalized spacial score (nSPS) is 16.7. The van der Waals surface area contributed by atoms with Gasteiger partial charge in [-0.2, -0.15) is 0 Å². The highest BCUT2D eigenvalue weighted by Gasteiger charge is 2.30. The first-order chi connectivity index (χ1) is 13.0. The monoisotopic (exact) mass is 372 g/mol. The molecule has 1 heterocycles. The molecule has 0 saturated carbocycles. The third kappa shape index (κ3) is 4.57. The Labute approximate surface area is 157 Å². The maximum absolute atomic E-state index is 13.7. The summed E-state index contributed by atoms with van der Waals surface area (Å²) in [6.45, 7) is 2.98. The van der Waals surface area contributed by atoms with Crippen molar-refractivity contribution >= 4 is 17.4 Å². The lowest BCUT2D eigenvalue weighted by Gasteiger charge is -2.34. The number of amides is 1. The minimum atomic E-state index is -0.803. The minimum Gasteiger partial charge on any atom is -0.322 e. The molecule has 1 fully saturated rings. The average molecular weight is 372 g/mol. The Hall–Kier alpha value is -2.60. The first-order valence-corrected chi connectivity index (χ1v) is 9.05. The fraction of sp³-hybridized carbons (Fsp3) is 0.333. The predicted octanol–water partition coefficient (Wildman–Crippen LogP) is 3.89. The molecule has 1 atom stereocenters. The van der Waals surface area contributed by atoms with E-state index >= 15 is 0 Å². The van der Waals surface area contributed by atoms with Crippen LogP contribution in [-0.4, -0.2) is 35.7 Å². The Morgan fingerprint density at radius 1 is 1.07 bits per heavy atom. The third-order valence-corrected chi connectivity index (χ3v) is 5.07. The van der Waals surface area contributed by atoms with Gasteiger partial charge in [0.2, 0.25) is 5.91 Å². The molecule has 2 aromatic carbocycles. The van der Waals surface area contributed by atoms with Crippen LogP contribution in [0.5, 0.6) is 0 Å². The van der Waals surface area contributed by atoms with Crippen LogP contribution in [0, 0.1) is 17.6 Å². The smallest absolute Gasteiger partial charge is 0.241 e. The average Bonchev–Trinajstić information content (AvgIpc) is 2.69. The third-order valence-electron chi connectivity index (χ3n) is 5.07. The van der Waals surface area contributed by atoms with Crippen LogP contribution in [-0.2, 0) is 4.79 Å². The summed E-state index contributed by atoms with van der Waals surface area (Å²) < 4.78 is 26.7. The number of nitrogens with zero attached hydrogens (tertiary/aromatic N) is 1. The molecule has 1 N–H and O–H groups in total. The number of benzene rings is 2. The summed E-state index contributed by atoms with van der Waals surface area (Å²) in [5.41, 5.74) is 0.677. The van der Waals surface area contributed by atoms with Gasteiger partial charge in [0.1, 0.15) is 11.6 Å². The van der Waals surface area contributed by atoms with Crippen LogP contribution in [0.1, 0.15) is 30.1 Å². The van der Waals surface area contributed by atoms with E-state index in [0.29, 0.717) is 31.5 Å². The van der Waals surface area contributed by atoms with E-state index in [2.05, 4.69) is 5.32 Å². The second-order valence-corrected chi connectivity index (χ2v) is 6.83. The summed E-state index contributed by atoms with van der Waals surface area (Å²) in [4.78, 5) is 26.9. The van der Waals surface area contributed by atoms with Crippen molar-refractivity contribution in [3.05, 3.63) is 65.7 Å². The quantitative estimate of drug-likeness (QED) is 0.810. The highest BCUT2D eigenvalue weighted by molar-refractivity contribution is 5.98. The molecule has 1 saturated heterocycles. The molecule has 1 aliphatic heterocycles. The van der Waals surface area contributed by atoms with E-state index in [1.807, 2.05) is 35.2 Å². The van der Waals surface area contributed by atoms with Crippen LogP contribution in [0.4, 0.5) is 14.5 Å². The van der Waals surface area contributed by atoms with Crippen LogP contribution in [0.3, 0.4) is 0 Å². The van der Waals surface area contributed by atoms with Crippen molar-refractivity contribution < 1.29 is 18.4 Å². The van der Waals surface area contributed by atoms with Gasteiger partial charge in [-0.25, -0.2) is 8.78 Å². The van der Waals surface area contributed by atoms with E-state index in [9.17, 15) is 18.4 Å². The van der Waals surface area contributed by atoms with Gasteiger partial charge in [0.05, 0.1) is 11.7 Å². The molecular weight excluding hydrogens is 350 g/mol. The molecule has 2 aromatic rings. The van der Waals surface area contributed by atoms with Crippen molar-refractivity contribution in [2.45, 2.75) is 25.8 Å². The molecule has 6 heteroatoms. The highest BCUT2D eigenvalue weighted by atomic mass is 19.1. The maximum atomic E-state index is 13.7. The zero-order valence-electron chi connectivity index (χ0n) is 15.1. The van der Waals surface area contributed by atoms with Gasteiger partial charge in [-0.1, -0.05) is 30.3 Å². The number of ketones is 1. The standard InChI is InChI=1S/C21H22F2N2O2/c1-14(21(27)24-19-8-7-17(22)13-18(19)23)25-11-9-16(10-12-25)20(26)15-5-3-2-4-6-15/h2-8,13-14,16H,9-12H2,1H3,(H,24,27). The molecule has 0 bridgehead atoms. The summed E-state index contributed by atoms with van der Waals surface area (Å²) in [5, 5.41) is 2.51. The van der Waals surface area contributed by atoms with Crippen molar-refractivity contribution in [3.63, 3.8) is 0 Å². The van der Waals surface area contributed by atoms with Crippen LogP contribution >= 0.6 is 0 Å². The van der Waals surface area contributed by atoms with Crippen molar-refractivity contribution in [2.24, 2.45) is 5.92 Å². The first kappa shape index (κ1) is 19.2. The Balaban J connectivity index is 1.55. The van der Waals surface area contributed by atoms with Gasteiger partial charge in [0.25, 0.3) is 0 Å². The summed E-state index contributed by atoms with van der Waals surface area (Å²) in [6.07, 6.45) is 1.35. The summed E-state index contributed by atoms with van der Waals surface area (Å²) >= 11 is 0. The predicted molar refractivity (Wildman–Crippen MR) is 99.5 cm³/mol. The second-order valence-electron chi connectivity index (χ2n) is 6.83. The molecule has 0 radical (unpaired) electrons. The molecular formula is C21H22F2N2O2. The Morgan fingerprint density at radius 2 is 1.74 bits per heavy atom. The molecule has 27 heavy (non-hydrogen) atoms. The van der Waals surface area contributed by atoms with Crippen LogP contribution < -0.4 is 5.32 Å². The number of Topliss-reactive ketones (excluding diaryl/α,β-unsaturated/α-hetero) is 1. The minimum absolute atomic E-state index is 0.0395. The van der Waals surface area contributed by atoms with Crippen molar-refractivity contribution in [1.29, 1.82) is 0 Å². The summed E-state index contributed by atoms with van der Waals surface area (Å²) in [5.74, 6) is -1.76. The van der Waals surface area contributed by atoms with Crippen LogP contribution in [0.15, 0.2) is 48.5 Å². The fourth-order valence-corrected chi connectivity index (χ4v) is 3.38. The van der Waals surface area contributed by atoms with Gasteiger partial charge in [-0.3, -0.25) is 14.5 Å². The molecule has 4 nitrogen and oxygen atoms in total. The lowest BCUT2D eigenvalue weighted by atomic mass is 9.88. The van der Waals surface area contributed by atoms with Crippen LogP contribution in [0.25, 0.3) is 0 Å². The number of nitrogens with one attached hydrogen (secondary N) is 1. The van der Waals surface area contributed by atoms with E-state index in [-0.39, 0.29) is 23.3 Å². The summed E-state index contributed by atoms with van der Waals surface area (Å²) in [7, 11) is 0. The molecule has 1 aliphatic rings. The van der Waals surface area contributed by atoms with Gasteiger partial charge >= 0.3 is 0 Å². The highest BCUT2D eigenvalue weighted by Crippen LogP contribution is 2.24. The van der Waals surface area contributed by atoms with E-state index < -0.39 is 17.7 Å². The van der Waals surface area contributed by atoms with Gasteiger partial charge in [0.15, 0.2) is 5.78 Å². The summed E-state index contributed by atoms with van der Waals surface area (Å²) in [6, 6.07) is 11.8. The molecule has 142 valence electrons.